The number of carbonyl (C=O) groups excluding carboxylic acids is 1. The number of hydrogen-bond acceptors (Lipinski definition) is 7. The Morgan fingerprint density at radius 3 is 2.55 bits per heavy atom. The number of ether oxygens (including phenoxy) is 1. The number of amides is 1. The van der Waals surface area contributed by atoms with Gasteiger partial charge in [-0.1, -0.05) is 13.8 Å². The third-order valence-electron chi connectivity index (χ3n) is 4.94. The van der Waals surface area contributed by atoms with Crippen LogP contribution in [0.25, 0.3) is 11.4 Å². The molecule has 1 heterocycles. The summed E-state index contributed by atoms with van der Waals surface area (Å²) in [6, 6.07) is 8.68. The summed E-state index contributed by atoms with van der Waals surface area (Å²) in [5.41, 5.74) is 1.20. The lowest BCUT2D eigenvalue weighted by atomic mass is 10.1. The Bertz CT molecular complexity index is 1260. The highest BCUT2D eigenvalue weighted by Crippen LogP contribution is 2.29. The molecular formula is C21H25FN6O4S. The van der Waals surface area contributed by atoms with Crippen molar-refractivity contribution >= 4 is 21.6 Å². The SMILES string of the molecule is CCN(CC)S(=O)(=O)c1ccc(OC)c(NC(=O)Cn2nnc(-c3ccc(F)c(C)c3)n2)c1. The van der Waals surface area contributed by atoms with E-state index in [9.17, 15) is 17.6 Å². The molecule has 0 saturated carbocycles. The number of tetrazole rings is 1. The van der Waals surface area contributed by atoms with Crippen LogP contribution in [-0.4, -0.2) is 59.0 Å². The Kier molecular flexibility index (Phi) is 7.39. The minimum absolute atomic E-state index is 0.0372. The van der Waals surface area contributed by atoms with Crippen molar-refractivity contribution < 1.29 is 22.3 Å². The van der Waals surface area contributed by atoms with Gasteiger partial charge in [-0.05, 0) is 54.1 Å². The van der Waals surface area contributed by atoms with Crippen LogP contribution in [0.3, 0.4) is 0 Å². The summed E-state index contributed by atoms with van der Waals surface area (Å²) >= 11 is 0. The maximum absolute atomic E-state index is 13.5. The Hall–Kier alpha value is -3.38. The first-order valence-corrected chi connectivity index (χ1v) is 11.7. The second-order valence-electron chi connectivity index (χ2n) is 7.11. The molecule has 10 nitrogen and oxygen atoms in total. The van der Waals surface area contributed by atoms with Crippen LogP contribution in [0.1, 0.15) is 19.4 Å². The van der Waals surface area contributed by atoms with Crippen LogP contribution in [0.2, 0.25) is 0 Å². The van der Waals surface area contributed by atoms with E-state index in [0.717, 1.165) is 4.80 Å². The minimum Gasteiger partial charge on any atom is -0.495 e. The van der Waals surface area contributed by atoms with Crippen LogP contribution in [0.5, 0.6) is 5.75 Å². The molecule has 1 amide bonds. The van der Waals surface area contributed by atoms with Crippen molar-refractivity contribution in [3.8, 4) is 17.1 Å². The number of nitrogens with one attached hydrogen (secondary N) is 1. The van der Waals surface area contributed by atoms with Gasteiger partial charge in [-0.15, -0.1) is 10.2 Å². The number of sulfonamides is 1. The lowest BCUT2D eigenvalue weighted by molar-refractivity contribution is -0.117. The van der Waals surface area contributed by atoms with Gasteiger partial charge in [0.25, 0.3) is 0 Å². The van der Waals surface area contributed by atoms with Crippen LogP contribution in [-0.2, 0) is 21.4 Å². The predicted molar refractivity (Wildman–Crippen MR) is 120 cm³/mol. The number of rotatable bonds is 9. The van der Waals surface area contributed by atoms with E-state index < -0.39 is 15.9 Å². The topological polar surface area (TPSA) is 119 Å². The van der Waals surface area contributed by atoms with Crippen LogP contribution >= 0.6 is 0 Å². The number of hydrogen-bond donors (Lipinski definition) is 1. The Morgan fingerprint density at radius 2 is 1.91 bits per heavy atom. The van der Waals surface area contributed by atoms with Gasteiger partial charge in [0.2, 0.25) is 21.8 Å². The van der Waals surface area contributed by atoms with Gasteiger partial charge in [-0.2, -0.15) is 9.10 Å². The van der Waals surface area contributed by atoms with Gasteiger partial charge in [-0.25, -0.2) is 12.8 Å². The van der Waals surface area contributed by atoms with E-state index in [1.54, 1.807) is 26.8 Å². The monoisotopic (exact) mass is 476 g/mol. The first kappa shape index (κ1) is 24.3. The molecule has 1 N–H and O–H groups in total. The maximum atomic E-state index is 13.5. The molecule has 0 unspecified atom stereocenters. The molecule has 0 aliphatic rings. The van der Waals surface area contributed by atoms with Crippen LogP contribution in [0.15, 0.2) is 41.3 Å². The van der Waals surface area contributed by atoms with Gasteiger partial charge in [0, 0.05) is 18.7 Å². The zero-order chi connectivity index (χ0) is 24.2. The first-order chi connectivity index (χ1) is 15.7. The lowest BCUT2D eigenvalue weighted by Crippen LogP contribution is -2.30. The highest BCUT2D eigenvalue weighted by Gasteiger charge is 2.23. The molecule has 2 aromatic carbocycles. The number of carbonyl (C=O) groups is 1. The van der Waals surface area contributed by atoms with E-state index in [2.05, 4.69) is 20.7 Å². The van der Waals surface area contributed by atoms with Crippen molar-refractivity contribution in [1.29, 1.82) is 0 Å². The minimum atomic E-state index is -3.72. The van der Waals surface area contributed by atoms with Crippen molar-refractivity contribution in [1.82, 2.24) is 24.5 Å². The molecule has 176 valence electrons. The van der Waals surface area contributed by atoms with Gasteiger partial charge < -0.3 is 10.1 Å². The molecule has 12 heteroatoms. The fourth-order valence-corrected chi connectivity index (χ4v) is 4.67. The van der Waals surface area contributed by atoms with Crippen LogP contribution < -0.4 is 10.1 Å². The molecule has 0 aliphatic carbocycles. The van der Waals surface area contributed by atoms with Crippen molar-refractivity contribution in [2.24, 2.45) is 0 Å². The average Bonchev–Trinajstić information content (AvgIpc) is 3.24. The van der Waals surface area contributed by atoms with Crippen molar-refractivity contribution in [2.45, 2.75) is 32.2 Å². The van der Waals surface area contributed by atoms with E-state index in [4.69, 9.17) is 4.74 Å². The summed E-state index contributed by atoms with van der Waals surface area (Å²) in [5.74, 6) is -0.304. The van der Waals surface area contributed by atoms with E-state index >= 15 is 0 Å². The van der Waals surface area contributed by atoms with Crippen LogP contribution in [0, 0.1) is 12.7 Å². The molecular weight excluding hydrogens is 451 g/mol. The molecule has 0 fully saturated rings. The first-order valence-electron chi connectivity index (χ1n) is 10.2. The summed E-state index contributed by atoms with van der Waals surface area (Å²) in [7, 11) is -2.30. The average molecular weight is 477 g/mol. The van der Waals surface area contributed by atoms with Crippen molar-refractivity contribution in [3.05, 3.63) is 47.8 Å². The fourth-order valence-electron chi connectivity index (χ4n) is 3.19. The molecule has 0 radical (unpaired) electrons. The second-order valence-corrected chi connectivity index (χ2v) is 9.04. The molecule has 0 bridgehead atoms. The number of benzene rings is 2. The fraction of sp³-hybridized carbons (Fsp3) is 0.333. The number of aryl methyl sites for hydroxylation is 1. The normalized spacial score (nSPS) is 11.6. The number of aromatic nitrogens is 4. The van der Waals surface area contributed by atoms with E-state index in [-0.39, 0.29) is 28.8 Å². The molecule has 0 saturated heterocycles. The van der Waals surface area contributed by atoms with E-state index in [0.29, 0.717) is 30.0 Å². The summed E-state index contributed by atoms with van der Waals surface area (Å²) in [4.78, 5) is 13.7. The number of methoxy groups -OCH3 is 1. The van der Waals surface area contributed by atoms with Gasteiger partial charge in [0.1, 0.15) is 18.1 Å². The van der Waals surface area contributed by atoms with Gasteiger partial charge in [0.15, 0.2) is 0 Å². The molecule has 0 atom stereocenters. The second kappa shape index (κ2) is 10.0. The number of anilines is 1. The maximum Gasteiger partial charge on any atom is 0.248 e. The van der Waals surface area contributed by atoms with Gasteiger partial charge >= 0.3 is 0 Å². The molecule has 3 aromatic rings. The zero-order valence-corrected chi connectivity index (χ0v) is 19.6. The summed E-state index contributed by atoms with van der Waals surface area (Å²) in [6.07, 6.45) is 0. The quantitative estimate of drug-likeness (QED) is 0.504. The molecule has 33 heavy (non-hydrogen) atoms. The summed E-state index contributed by atoms with van der Waals surface area (Å²) in [6.45, 7) is 5.49. The Labute approximate surface area is 191 Å². The Balaban J connectivity index is 1.79. The summed E-state index contributed by atoms with van der Waals surface area (Å²) < 4.78 is 45.7. The largest absolute Gasteiger partial charge is 0.495 e. The van der Waals surface area contributed by atoms with E-state index in [1.165, 1.54) is 41.7 Å². The highest BCUT2D eigenvalue weighted by atomic mass is 32.2. The third kappa shape index (κ3) is 5.34. The smallest absolute Gasteiger partial charge is 0.248 e. The van der Waals surface area contributed by atoms with Gasteiger partial charge in [0.05, 0.1) is 17.7 Å². The molecule has 3 rings (SSSR count). The highest BCUT2D eigenvalue weighted by molar-refractivity contribution is 7.89. The third-order valence-corrected chi connectivity index (χ3v) is 6.99. The molecule has 0 spiro atoms. The van der Waals surface area contributed by atoms with Crippen LogP contribution in [0.4, 0.5) is 10.1 Å². The van der Waals surface area contributed by atoms with Crippen molar-refractivity contribution in [3.63, 3.8) is 0 Å². The number of nitrogens with zero attached hydrogens (tertiary/aromatic N) is 5. The molecule has 1 aromatic heterocycles. The number of halogens is 1. The van der Waals surface area contributed by atoms with Crippen molar-refractivity contribution in [2.75, 3.05) is 25.5 Å². The zero-order valence-electron chi connectivity index (χ0n) is 18.7. The predicted octanol–water partition coefficient (Wildman–Crippen LogP) is 2.47. The van der Waals surface area contributed by atoms with E-state index in [1.807, 2.05) is 0 Å². The van der Waals surface area contributed by atoms with Gasteiger partial charge in [-0.3, -0.25) is 4.79 Å². The summed E-state index contributed by atoms with van der Waals surface area (Å²) in [5, 5.41) is 14.6. The molecule has 0 aliphatic heterocycles. The lowest BCUT2D eigenvalue weighted by Gasteiger charge is -2.19. The standard InChI is InChI=1S/C21H25FN6O4S/c1-5-27(6-2)33(30,31)16-8-10-19(32-4)18(12-16)23-20(29)13-28-25-21(24-26-28)15-7-9-17(22)14(3)11-15/h7-12H,5-6,13H2,1-4H3,(H,23,29). The Morgan fingerprint density at radius 1 is 1.18 bits per heavy atom.